The van der Waals surface area contributed by atoms with Crippen LogP contribution in [0.3, 0.4) is 0 Å². The van der Waals surface area contributed by atoms with Gasteiger partial charge in [-0.2, -0.15) is 8.42 Å². The van der Waals surface area contributed by atoms with E-state index in [0.717, 1.165) is 6.07 Å². The van der Waals surface area contributed by atoms with Gasteiger partial charge in [0.25, 0.3) is 16.0 Å². The van der Waals surface area contributed by atoms with Crippen molar-refractivity contribution < 1.29 is 27.3 Å². The fourth-order valence-electron chi connectivity index (χ4n) is 2.49. The number of hydrogen-bond donors (Lipinski definition) is 4. The van der Waals surface area contributed by atoms with E-state index in [1.165, 1.54) is 31.2 Å². The number of benzene rings is 1. The van der Waals surface area contributed by atoms with Crippen LogP contribution in [0.4, 0.5) is 5.69 Å². The third-order valence-electron chi connectivity index (χ3n) is 3.93. The average molecular weight is 428 g/mol. The molecule has 1 aliphatic heterocycles. The van der Waals surface area contributed by atoms with Crippen molar-refractivity contribution in [3.8, 4) is 0 Å². The first-order chi connectivity index (χ1) is 13.1. The molecule has 1 saturated heterocycles. The lowest BCUT2D eigenvalue weighted by atomic mass is 10.1. The number of morpholine rings is 1. The number of hydrogen-bond acceptors (Lipinski definition) is 8. The molecule has 1 fully saturated rings. The van der Waals surface area contributed by atoms with E-state index < -0.39 is 26.7 Å². The van der Waals surface area contributed by atoms with E-state index in [1.54, 1.807) is 0 Å². The predicted octanol–water partition coefficient (Wildman–Crippen LogP) is 0.777. The Kier molecular flexibility index (Phi) is 7.24. The summed E-state index contributed by atoms with van der Waals surface area (Å²) in [5, 5.41) is 2.32. The highest BCUT2D eigenvalue weighted by Crippen LogP contribution is 2.22. The standard InChI is InChI=1S/C17H21N3O6S2/c1-11(21)12(10-14(27)16(18)20-6-8-26-9-7-20)17(22)19-13-4-2-3-5-15(13)28(23,24)25/h2-5,10,27H,6-9,18H2,1H3,(H,19,22)(H,23,24,25)/b12-10+,16-14+. The summed E-state index contributed by atoms with van der Waals surface area (Å²) in [6.07, 6.45) is 1.22. The molecule has 0 saturated carbocycles. The molecule has 0 bridgehead atoms. The summed E-state index contributed by atoms with van der Waals surface area (Å²) < 4.78 is 37.4. The van der Waals surface area contributed by atoms with Gasteiger partial charge < -0.3 is 20.7 Å². The van der Waals surface area contributed by atoms with Gasteiger partial charge in [0.1, 0.15) is 10.7 Å². The summed E-state index contributed by atoms with van der Waals surface area (Å²) >= 11 is 4.28. The number of thiol groups is 1. The first-order valence-corrected chi connectivity index (χ1v) is 10.1. The van der Waals surface area contributed by atoms with Crippen LogP contribution in [0, 0.1) is 0 Å². The molecule has 0 unspecified atom stereocenters. The second kappa shape index (κ2) is 9.24. The lowest BCUT2D eigenvalue weighted by Gasteiger charge is -2.29. The maximum atomic E-state index is 12.6. The molecule has 0 radical (unpaired) electrons. The normalized spacial score (nSPS) is 16.4. The Morgan fingerprint density at radius 3 is 2.46 bits per heavy atom. The summed E-state index contributed by atoms with van der Waals surface area (Å²) in [5.74, 6) is -1.13. The molecule has 0 spiro atoms. The first-order valence-electron chi connectivity index (χ1n) is 8.23. The van der Waals surface area contributed by atoms with Crippen LogP contribution < -0.4 is 11.1 Å². The molecule has 9 nitrogen and oxygen atoms in total. The molecule has 0 aliphatic carbocycles. The Morgan fingerprint density at radius 2 is 1.89 bits per heavy atom. The van der Waals surface area contributed by atoms with E-state index in [-0.39, 0.29) is 22.0 Å². The van der Waals surface area contributed by atoms with Crippen molar-refractivity contribution in [1.82, 2.24) is 4.90 Å². The summed E-state index contributed by atoms with van der Waals surface area (Å²) in [4.78, 5) is 26.1. The van der Waals surface area contributed by atoms with Crippen molar-refractivity contribution in [2.75, 3.05) is 31.6 Å². The zero-order valence-electron chi connectivity index (χ0n) is 15.1. The number of amides is 1. The van der Waals surface area contributed by atoms with Crippen LogP contribution in [-0.4, -0.2) is 55.9 Å². The van der Waals surface area contributed by atoms with Crippen molar-refractivity contribution >= 4 is 40.1 Å². The number of ketones is 1. The maximum Gasteiger partial charge on any atom is 0.296 e. The number of anilines is 1. The minimum Gasteiger partial charge on any atom is -0.384 e. The lowest BCUT2D eigenvalue weighted by Crippen LogP contribution is -2.38. The van der Waals surface area contributed by atoms with Crippen molar-refractivity contribution in [3.63, 3.8) is 0 Å². The number of nitrogens with one attached hydrogen (secondary N) is 1. The largest absolute Gasteiger partial charge is 0.384 e. The van der Waals surface area contributed by atoms with Gasteiger partial charge in [-0.1, -0.05) is 12.1 Å². The number of allylic oxidation sites excluding steroid dienone is 1. The molecular formula is C17H21N3O6S2. The topological polar surface area (TPSA) is 139 Å². The molecular weight excluding hydrogens is 406 g/mol. The van der Waals surface area contributed by atoms with Crippen LogP contribution in [0.5, 0.6) is 0 Å². The Balaban J connectivity index is 2.33. The van der Waals surface area contributed by atoms with Gasteiger partial charge >= 0.3 is 0 Å². The van der Waals surface area contributed by atoms with Gasteiger partial charge in [0.2, 0.25) is 0 Å². The summed E-state index contributed by atoms with van der Waals surface area (Å²) in [6.45, 7) is 3.28. The van der Waals surface area contributed by atoms with E-state index in [1.807, 2.05) is 4.90 Å². The molecule has 1 aliphatic rings. The van der Waals surface area contributed by atoms with Gasteiger partial charge in [-0.3, -0.25) is 14.1 Å². The molecule has 0 aromatic heterocycles. The molecule has 152 valence electrons. The molecule has 1 aromatic rings. The third kappa shape index (κ3) is 5.58. The number of para-hydroxylation sites is 1. The first kappa shape index (κ1) is 22.0. The second-order valence-corrected chi connectivity index (χ2v) is 7.78. The number of Topliss-reactive ketones (excluding diaryl/α,β-unsaturated/α-hetero) is 1. The van der Waals surface area contributed by atoms with Crippen molar-refractivity contribution in [3.05, 3.63) is 46.6 Å². The van der Waals surface area contributed by atoms with Crippen LogP contribution in [-0.2, 0) is 24.4 Å². The fourth-order valence-corrected chi connectivity index (χ4v) is 3.41. The van der Waals surface area contributed by atoms with Crippen LogP contribution >= 0.6 is 12.6 Å². The molecule has 0 atom stereocenters. The summed E-state index contributed by atoms with van der Waals surface area (Å²) in [7, 11) is -4.56. The van der Waals surface area contributed by atoms with Gasteiger partial charge in [-0.25, -0.2) is 0 Å². The minimum atomic E-state index is -4.56. The zero-order valence-corrected chi connectivity index (χ0v) is 16.8. The zero-order chi connectivity index (χ0) is 20.9. The number of carbonyl (C=O) groups is 2. The molecule has 2 rings (SSSR count). The monoisotopic (exact) mass is 427 g/mol. The quantitative estimate of drug-likeness (QED) is 0.130. The number of nitrogens with two attached hydrogens (primary N) is 1. The van der Waals surface area contributed by atoms with Gasteiger partial charge in [-0.15, -0.1) is 12.6 Å². The van der Waals surface area contributed by atoms with Crippen molar-refractivity contribution in [1.29, 1.82) is 0 Å². The Labute approximate surface area is 168 Å². The van der Waals surface area contributed by atoms with E-state index in [9.17, 15) is 22.6 Å². The lowest BCUT2D eigenvalue weighted by molar-refractivity contribution is -0.118. The maximum absolute atomic E-state index is 12.6. The minimum absolute atomic E-state index is 0.159. The van der Waals surface area contributed by atoms with Gasteiger partial charge in [0, 0.05) is 18.0 Å². The molecule has 1 heterocycles. The van der Waals surface area contributed by atoms with Gasteiger partial charge in [0.15, 0.2) is 5.78 Å². The van der Waals surface area contributed by atoms with E-state index in [0.29, 0.717) is 26.3 Å². The third-order valence-corrected chi connectivity index (χ3v) is 5.20. The van der Waals surface area contributed by atoms with Crippen molar-refractivity contribution in [2.45, 2.75) is 11.8 Å². The van der Waals surface area contributed by atoms with E-state index in [4.69, 9.17) is 10.5 Å². The molecule has 4 N–H and O–H groups in total. The number of ether oxygens (including phenoxy) is 1. The van der Waals surface area contributed by atoms with Crippen LogP contribution in [0.2, 0.25) is 0 Å². The van der Waals surface area contributed by atoms with Gasteiger partial charge in [-0.05, 0) is 25.1 Å². The molecule has 1 amide bonds. The Hall–Kier alpha value is -2.34. The second-order valence-electron chi connectivity index (χ2n) is 5.91. The highest BCUT2D eigenvalue weighted by molar-refractivity contribution is 7.86. The fraction of sp³-hybridized carbons (Fsp3) is 0.294. The molecule has 1 aromatic carbocycles. The summed E-state index contributed by atoms with van der Waals surface area (Å²) in [5.41, 5.74) is 5.62. The van der Waals surface area contributed by atoms with Crippen LogP contribution in [0.15, 0.2) is 51.5 Å². The number of rotatable bonds is 6. The SMILES string of the molecule is CC(=O)/C(=C\C(S)=C(\N)N1CCOCC1)C(=O)Nc1ccccc1S(=O)(=O)O. The highest BCUT2D eigenvalue weighted by atomic mass is 32.2. The number of nitrogens with zero attached hydrogens (tertiary/aromatic N) is 1. The van der Waals surface area contributed by atoms with Crippen LogP contribution in [0.25, 0.3) is 0 Å². The Bertz CT molecular complexity index is 934. The number of carbonyl (C=O) groups excluding carboxylic acids is 2. The molecule has 11 heteroatoms. The smallest absolute Gasteiger partial charge is 0.296 e. The van der Waals surface area contributed by atoms with Crippen molar-refractivity contribution in [2.24, 2.45) is 5.73 Å². The van der Waals surface area contributed by atoms with Crippen LogP contribution in [0.1, 0.15) is 6.92 Å². The highest BCUT2D eigenvalue weighted by Gasteiger charge is 2.21. The Morgan fingerprint density at radius 1 is 1.29 bits per heavy atom. The van der Waals surface area contributed by atoms with E-state index in [2.05, 4.69) is 17.9 Å². The average Bonchev–Trinajstić information content (AvgIpc) is 2.65. The summed E-state index contributed by atoms with van der Waals surface area (Å²) in [6, 6.07) is 5.28. The molecule has 28 heavy (non-hydrogen) atoms. The van der Waals surface area contributed by atoms with E-state index >= 15 is 0 Å². The predicted molar refractivity (Wildman–Crippen MR) is 106 cm³/mol. The van der Waals surface area contributed by atoms with Gasteiger partial charge in [0.05, 0.1) is 24.5 Å².